The van der Waals surface area contributed by atoms with Crippen LogP contribution in [0.5, 0.6) is 0 Å². The van der Waals surface area contributed by atoms with E-state index in [9.17, 15) is 9.36 Å². The van der Waals surface area contributed by atoms with Crippen LogP contribution in [-0.2, 0) is 31.8 Å². The van der Waals surface area contributed by atoms with Gasteiger partial charge in [0.2, 0.25) is 0 Å². The number of carbonyl (C=O) groups is 1. The van der Waals surface area contributed by atoms with Gasteiger partial charge in [0.1, 0.15) is 19.8 Å². The smallest absolute Gasteiger partial charge is 0.460 e. The predicted molar refractivity (Wildman–Crippen MR) is 83.1 cm³/mol. The van der Waals surface area contributed by atoms with Crippen LogP contribution in [0.15, 0.2) is 60.7 Å². The maximum absolute atomic E-state index is 11.6. The summed E-state index contributed by atoms with van der Waals surface area (Å²) in [4.78, 5) is 11.5. The van der Waals surface area contributed by atoms with Crippen molar-refractivity contribution < 1.29 is 18.6 Å². The van der Waals surface area contributed by atoms with Gasteiger partial charge in [0.25, 0.3) is 0 Å². The minimum absolute atomic E-state index is 0.156. The molecule has 114 valence electrons. The zero-order chi connectivity index (χ0) is 15.6. The Bertz CT molecular complexity index is 549. The molecule has 2 rings (SSSR count). The SMILES string of the molecule is O=C(CN[P+](=O)OCc1ccccc1)OCc1ccccc1. The van der Waals surface area contributed by atoms with Gasteiger partial charge in [0.05, 0.1) is 0 Å². The number of rotatable bonds is 8. The molecule has 22 heavy (non-hydrogen) atoms. The summed E-state index contributed by atoms with van der Waals surface area (Å²) in [7, 11) is -2.10. The lowest BCUT2D eigenvalue weighted by molar-refractivity contribution is -0.143. The Kier molecular flexibility index (Phi) is 6.71. The molecule has 0 saturated heterocycles. The van der Waals surface area contributed by atoms with Gasteiger partial charge in [-0.2, -0.15) is 0 Å². The van der Waals surface area contributed by atoms with Crippen LogP contribution in [0.3, 0.4) is 0 Å². The Morgan fingerprint density at radius 1 is 0.909 bits per heavy atom. The second kappa shape index (κ2) is 9.05. The van der Waals surface area contributed by atoms with Crippen molar-refractivity contribution in [1.82, 2.24) is 5.09 Å². The first-order valence-corrected chi connectivity index (χ1v) is 7.99. The molecule has 0 radical (unpaired) electrons. The lowest BCUT2D eigenvalue weighted by atomic mass is 10.2. The van der Waals surface area contributed by atoms with Crippen LogP contribution in [0, 0.1) is 0 Å². The first-order valence-electron chi connectivity index (χ1n) is 6.81. The van der Waals surface area contributed by atoms with Crippen LogP contribution >= 0.6 is 8.18 Å². The Morgan fingerprint density at radius 3 is 2.05 bits per heavy atom. The van der Waals surface area contributed by atoms with Gasteiger partial charge in [-0.15, -0.1) is 4.52 Å². The third-order valence-corrected chi connectivity index (χ3v) is 3.57. The second-order valence-electron chi connectivity index (χ2n) is 4.50. The normalized spacial score (nSPS) is 11.0. The molecule has 0 amide bonds. The van der Waals surface area contributed by atoms with Crippen LogP contribution in [-0.4, -0.2) is 12.5 Å². The minimum atomic E-state index is -2.10. The highest BCUT2D eigenvalue weighted by Gasteiger charge is 2.19. The van der Waals surface area contributed by atoms with Crippen molar-refractivity contribution in [2.24, 2.45) is 0 Å². The lowest BCUT2D eigenvalue weighted by Gasteiger charge is -2.02. The minimum Gasteiger partial charge on any atom is -0.460 e. The largest absolute Gasteiger partial charge is 0.613 e. The summed E-state index contributed by atoms with van der Waals surface area (Å²) in [5.41, 5.74) is 1.82. The summed E-state index contributed by atoms with van der Waals surface area (Å²) in [6.07, 6.45) is 0. The molecule has 0 bridgehead atoms. The molecular formula is C16H17NO4P+. The van der Waals surface area contributed by atoms with Crippen molar-refractivity contribution in [1.29, 1.82) is 0 Å². The van der Waals surface area contributed by atoms with Gasteiger partial charge in [-0.05, 0) is 15.7 Å². The highest BCUT2D eigenvalue weighted by Crippen LogP contribution is 2.18. The number of carbonyl (C=O) groups excluding carboxylic acids is 1. The summed E-state index contributed by atoms with van der Waals surface area (Å²) in [5, 5.41) is 2.50. The first kappa shape index (κ1) is 16.3. The van der Waals surface area contributed by atoms with Crippen molar-refractivity contribution in [3.63, 3.8) is 0 Å². The van der Waals surface area contributed by atoms with E-state index in [2.05, 4.69) is 5.09 Å². The van der Waals surface area contributed by atoms with E-state index in [1.807, 2.05) is 60.7 Å². The van der Waals surface area contributed by atoms with Crippen LogP contribution in [0.4, 0.5) is 0 Å². The zero-order valence-corrected chi connectivity index (χ0v) is 12.9. The number of nitrogens with one attached hydrogen (secondary N) is 1. The van der Waals surface area contributed by atoms with Crippen molar-refractivity contribution >= 4 is 14.1 Å². The third-order valence-electron chi connectivity index (χ3n) is 2.79. The van der Waals surface area contributed by atoms with Gasteiger partial charge >= 0.3 is 14.1 Å². The number of hydrogen-bond acceptors (Lipinski definition) is 4. The van der Waals surface area contributed by atoms with E-state index in [1.54, 1.807) is 0 Å². The van der Waals surface area contributed by atoms with E-state index in [0.29, 0.717) is 0 Å². The van der Waals surface area contributed by atoms with E-state index in [4.69, 9.17) is 9.26 Å². The van der Waals surface area contributed by atoms with Gasteiger partial charge in [-0.3, -0.25) is 4.79 Å². The van der Waals surface area contributed by atoms with Gasteiger partial charge in [0.15, 0.2) is 0 Å². The van der Waals surface area contributed by atoms with Crippen LogP contribution in [0.25, 0.3) is 0 Å². The molecule has 1 unspecified atom stereocenters. The molecule has 0 aliphatic carbocycles. The summed E-state index contributed by atoms with van der Waals surface area (Å²) in [5.74, 6) is -0.476. The molecule has 1 atom stereocenters. The predicted octanol–water partition coefficient (Wildman–Crippen LogP) is 3.19. The van der Waals surface area contributed by atoms with Crippen molar-refractivity contribution in [3.8, 4) is 0 Å². The van der Waals surface area contributed by atoms with Gasteiger partial charge in [-0.25, -0.2) is 0 Å². The lowest BCUT2D eigenvalue weighted by Crippen LogP contribution is -2.19. The molecule has 1 N–H and O–H groups in total. The monoisotopic (exact) mass is 318 g/mol. The number of benzene rings is 2. The van der Waals surface area contributed by atoms with E-state index < -0.39 is 14.1 Å². The fourth-order valence-electron chi connectivity index (χ4n) is 1.67. The fraction of sp³-hybridized carbons (Fsp3) is 0.188. The molecule has 0 aliphatic heterocycles. The van der Waals surface area contributed by atoms with E-state index >= 15 is 0 Å². The molecular weight excluding hydrogens is 301 g/mol. The van der Waals surface area contributed by atoms with Crippen molar-refractivity contribution in [2.45, 2.75) is 13.2 Å². The molecule has 2 aromatic rings. The molecule has 0 saturated carbocycles. The Morgan fingerprint density at radius 2 is 1.45 bits per heavy atom. The topological polar surface area (TPSA) is 64.6 Å². The molecule has 0 fully saturated rings. The third kappa shape index (κ3) is 6.14. The summed E-state index contributed by atoms with van der Waals surface area (Å²) in [6, 6.07) is 18.8. The maximum atomic E-state index is 11.6. The first-order chi connectivity index (χ1) is 10.7. The summed E-state index contributed by atoms with van der Waals surface area (Å²) >= 11 is 0. The van der Waals surface area contributed by atoms with Crippen molar-refractivity contribution in [3.05, 3.63) is 71.8 Å². The van der Waals surface area contributed by atoms with Gasteiger partial charge < -0.3 is 4.74 Å². The molecule has 2 aromatic carbocycles. The van der Waals surface area contributed by atoms with Gasteiger partial charge in [-0.1, -0.05) is 65.8 Å². The molecule has 6 heteroatoms. The molecule has 0 spiro atoms. The fourth-order valence-corrected chi connectivity index (χ4v) is 2.29. The van der Waals surface area contributed by atoms with Gasteiger partial charge in [0, 0.05) is 0 Å². The Hall–Kier alpha value is -2.07. The standard InChI is InChI=1S/C16H17NO4P/c18-16(20-12-14-7-3-1-4-8-14)11-17-22(19)21-13-15-9-5-2-6-10-15/h1-10H,11-13H2,(H,17,19)/q+1. The number of ether oxygens (including phenoxy) is 1. The van der Waals surface area contributed by atoms with Crippen LogP contribution in [0.1, 0.15) is 11.1 Å². The highest BCUT2D eigenvalue weighted by molar-refractivity contribution is 7.36. The Labute approximate surface area is 130 Å². The van der Waals surface area contributed by atoms with E-state index in [0.717, 1.165) is 11.1 Å². The Balaban J connectivity index is 1.62. The second-order valence-corrected chi connectivity index (χ2v) is 5.59. The van der Waals surface area contributed by atoms with Crippen LogP contribution in [0.2, 0.25) is 0 Å². The quantitative estimate of drug-likeness (QED) is 0.598. The molecule has 0 heterocycles. The van der Waals surface area contributed by atoms with Crippen molar-refractivity contribution in [2.75, 3.05) is 6.54 Å². The average molecular weight is 318 g/mol. The zero-order valence-electron chi connectivity index (χ0n) is 12.0. The molecule has 0 aromatic heterocycles. The van der Waals surface area contributed by atoms with Crippen LogP contribution < -0.4 is 5.09 Å². The number of esters is 1. The average Bonchev–Trinajstić information content (AvgIpc) is 2.58. The molecule has 0 aliphatic rings. The highest BCUT2D eigenvalue weighted by atomic mass is 31.1. The number of hydrogen-bond donors (Lipinski definition) is 1. The molecule has 5 nitrogen and oxygen atoms in total. The summed E-state index contributed by atoms with van der Waals surface area (Å²) < 4.78 is 21.8. The van der Waals surface area contributed by atoms with E-state index in [-0.39, 0.29) is 19.8 Å². The summed E-state index contributed by atoms with van der Waals surface area (Å²) in [6.45, 7) is 0.266. The maximum Gasteiger partial charge on any atom is 0.613 e. The van der Waals surface area contributed by atoms with E-state index in [1.165, 1.54) is 0 Å².